The second kappa shape index (κ2) is 11.3. The summed E-state index contributed by atoms with van der Waals surface area (Å²) in [6.45, 7) is 4.91. The normalized spacial score (nSPS) is 17.2. The number of nitrogens with zero attached hydrogens (tertiary/aromatic N) is 1. The monoisotopic (exact) mass is 425 g/mol. The summed E-state index contributed by atoms with van der Waals surface area (Å²) in [6.07, 6.45) is 3.45. The van der Waals surface area contributed by atoms with Crippen LogP contribution in [-0.2, 0) is 24.2 Å². The van der Waals surface area contributed by atoms with E-state index in [4.69, 9.17) is 9.47 Å². The molecule has 1 saturated heterocycles. The molecule has 0 radical (unpaired) electrons. The number of carbonyl (C=O) groups excluding carboxylic acids is 1. The first kappa shape index (κ1) is 23.3. The van der Waals surface area contributed by atoms with Gasteiger partial charge in [0.15, 0.2) is 11.5 Å². The molecule has 3 rings (SSSR count). The van der Waals surface area contributed by atoms with E-state index in [1.165, 1.54) is 5.56 Å². The minimum absolute atomic E-state index is 0.146. The van der Waals surface area contributed by atoms with E-state index < -0.39 is 12.0 Å². The van der Waals surface area contributed by atoms with Crippen molar-refractivity contribution in [3.05, 3.63) is 59.2 Å². The molecule has 0 aliphatic carbocycles. The molecule has 5 heteroatoms. The van der Waals surface area contributed by atoms with E-state index in [-0.39, 0.29) is 5.92 Å². The van der Waals surface area contributed by atoms with Gasteiger partial charge < -0.3 is 19.4 Å². The van der Waals surface area contributed by atoms with Crippen molar-refractivity contribution < 1.29 is 19.4 Å². The molecule has 168 valence electrons. The molecule has 0 bridgehead atoms. The van der Waals surface area contributed by atoms with E-state index in [2.05, 4.69) is 36.1 Å². The van der Waals surface area contributed by atoms with Crippen molar-refractivity contribution in [3.8, 4) is 11.5 Å². The zero-order valence-corrected chi connectivity index (χ0v) is 18.9. The van der Waals surface area contributed by atoms with Gasteiger partial charge in [0.25, 0.3) is 0 Å². The molecule has 1 aliphatic heterocycles. The number of aldehydes is 1. The third kappa shape index (κ3) is 5.86. The van der Waals surface area contributed by atoms with Crippen LogP contribution in [0.4, 0.5) is 0 Å². The molecule has 0 spiro atoms. The maximum absolute atomic E-state index is 11.9. The molecular weight excluding hydrogens is 390 g/mol. The van der Waals surface area contributed by atoms with E-state index in [9.17, 15) is 9.90 Å². The van der Waals surface area contributed by atoms with Crippen LogP contribution < -0.4 is 9.47 Å². The highest BCUT2D eigenvalue weighted by Gasteiger charge is 2.31. The van der Waals surface area contributed by atoms with Crippen LogP contribution in [0.15, 0.2) is 42.5 Å². The Labute approximate surface area is 186 Å². The minimum atomic E-state index is -0.630. The molecule has 2 aromatic rings. The van der Waals surface area contributed by atoms with E-state index in [1.54, 1.807) is 14.2 Å². The molecule has 1 heterocycles. The number of hydrogen-bond donors (Lipinski definition) is 1. The Morgan fingerprint density at radius 2 is 1.68 bits per heavy atom. The van der Waals surface area contributed by atoms with E-state index >= 15 is 0 Å². The SMILES string of the molecule is CCc1cc(OC)c(OC)cc1CC(C=O)C(O)C1CCN(Cc2ccccc2)CC1. The zero-order valence-electron chi connectivity index (χ0n) is 18.9. The van der Waals surface area contributed by atoms with Crippen LogP contribution in [-0.4, -0.2) is 49.7 Å². The molecule has 2 unspecified atom stereocenters. The van der Waals surface area contributed by atoms with E-state index in [0.29, 0.717) is 17.9 Å². The molecule has 31 heavy (non-hydrogen) atoms. The summed E-state index contributed by atoms with van der Waals surface area (Å²) >= 11 is 0. The third-order valence-corrected chi connectivity index (χ3v) is 6.52. The maximum Gasteiger partial charge on any atom is 0.161 e. The van der Waals surface area contributed by atoms with E-state index in [1.807, 2.05) is 18.2 Å². The molecule has 1 fully saturated rings. The minimum Gasteiger partial charge on any atom is -0.493 e. The van der Waals surface area contributed by atoms with Crippen molar-refractivity contribution in [2.45, 2.75) is 45.3 Å². The Kier molecular flexibility index (Phi) is 8.50. The van der Waals surface area contributed by atoms with Gasteiger partial charge in [-0.3, -0.25) is 4.90 Å². The van der Waals surface area contributed by atoms with Crippen molar-refractivity contribution in [1.29, 1.82) is 0 Å². The molecule has 5 nitrogen and oxygen atoms in total. The van der Waals surface area contributed by atoms with Gasteiger partial charge in [-0.05, 0) is 73.5 Å². The number of benzene rings is 2. The standard InChI is InChI=1S/C26H35NO4/c1-4-20-15-24(30-2)25(31-3)16-22(20)14-23(18-28)26(29)21-10-12-27(13-11-21)17-19-8-6-5-7-9-19/h5-9,15-16,18,21,23,26,29H,4,10-14,17H2,1-3H3. The highest BCUT2D eigenvalue weighted by atomic mass is 16.5. The van der Waals surface area contributed by atoms with Crippen LogP contribution >= 0.6 is 0 Å². The number of methoxy groups -OCH3 is 2. The van der Waals surface area contributed by atoms with Crippen molar-refractivity contribution in [3.63, 3.8) is 0 Å². The summed E-state index contributed by atoms with van der Waals surface area (Å²) in [5, 5.41) is 11.1. The highest BCUT2D eigenvalue weighted by molar-refractivity contribution is 5.57. The fraction of sp³-hybridized carbons (Fsp3) is 0.500. The Morgan fingerprint density at radius 3 is 2.23 bits per heavy atom. The van der Waals surface area contributed by atoms with Crippen LogP contribution in [0.5, 0.6) is 11.5 Å². The van der Waals surface area contributed by atoms with Gasteiger partial charge in [-0.1, -0.05) is 37.3 Å². The number of likely N-dealkylation sites (tertiary alicyclic amines) is 1. The first-order valence-corrected chi connectivity index (χ1v) is 11.2. The Balaban J connectivity index is 1.63. The predicted octanol–water partition coefficient (Wildman–Crippen LogP) is 3.90. The number of aliphatic hydroxyl groups is 1. The summed E-state index contributed by atoms with van der Waals surface area (Å²) in [5.41, 5.74) is 3.47. The third-order valence-electron chi connectivity index (χ3n) is 6.52. The maximum atomic E-state index is 11.9. The quantitative estimate of drug-likeness (QED) is 0.585. The Hall–Kier alpha value is -2.37. The fourth-order valence-corrected chi connectivity index (χ4v) is 4.63. The fourth-order valence-electron chi connectivity index (χ4n) is 4.63. The van der Waals surface area contributed by atoms with Crippen molar-refractivity contribution in [2.24, 2.45) is 11.8 Å². The van der Waals surface area contributed by atoms with Gasteiger partial charge in [0.1, 0.15) is 6.29 Å². The summed E-state index contributed by atoms with van der Waals surface area (Å²) in [4.78, 5) is 14.4. The van der Waals surface area contributed by atoms with Gasteiger partial charge in [-0.15, -0.1) is 0 Å². The molecule has 2 atom stereocenters. The first-order chi connectivity index (χ1) is 15.1. The number of hydrogen-bond acceptors (Lipinski definition) is 5. The molecule has 1 N–H and O–H groups in total. The lowest BCUT2D eigenvalue weighted by Gasteiger charge is -2.36. The Bertz CT molecular complexity index is 831. The van der Waals surface area contributed by atoms with E-state index in [0.717, 1.165) is 56.3 Å². The number of aryl methyl sites for hydroxylation is 1. The zero-order chi connectivity index (χ0) is 22.2. The lowest BCUT2D eigenvalue weighted by Crippen LogP contribution is -2.40. The smallest absolute Gasteiger partial charge is 0.161 e. The van der Waals surface area contributed by atoms with Crippen LogP contribution in [0.25, 0.3) is 0 Å². The summed E-state index contributed by atoms with van der Waals surface area (Å²) in [6, 6.07) is 14.4. The van der Waals surface area contributed by atoms with Crippen molar-refractivity contribution >= 4 is 6.29 Å². The lowest BCUT2D eigenvalue weighted by atomic mass is 9.81. The van der Waals surface area contributed by atoms with Crippen LogP contribution in [0.1, 0.15) is 36.5 Å². The number of ether oxygens (including phenoxy) is 2. The molecule has 0 amide bonds. The topological polar surface area (TPSA) is 59.0 Å². The van der Waals surface area contributed by atoms with Gasteiger partial charge in [0.05, 0.1) is 20.3 Å². The summed E-state index contributed by atoms with van der Waals surface area (Å²) in [5.74, 6) is 1.07. The van der Waals surface area contributed by atoms with Crippen molar-refractivity contribution in [2.75, 3.05) is 27.3 Å². The Morgan fingerprint density at radius 1 is 1.06 bits per heavy atom. The predicted molar refractivity (Wildman–Crippen MR) is 123 cm³/mol. The van der Waals surface area contributed by atoms with Gasteiger partial charge in [0, 0.05) is 12.5 Å². The average molecular weight is 426 g/mol. The average Bonchev–Trinajstić information content (AvgIpc) is 2.82. The van der Waals surface area contributed by atoms with Crippen molar-refractivity contribution in [1.82, 2.24) is 4.90 Å². The second-order valence-electron chi connectivity index (χ2n) is 8.42. The number of carbonyl (C=O) groups is 1. The largest absolute Gasteiger partial charge is 0.493 e. The van der Waals surface area contributed by atoms with Gasteiger partial charge in [0.2, 0.25) is 0 Å². The molecule has 2 aromatic carbocycles. The number of aliphatic hydroxyl groups excluding tert-OH is 1. The van der Waals surface area contributed by atoms with Gasteiger partial charge >= 0.3 is 0 Å². The lowest BCUT2D eigenvalue weighted by molar-refractivity contribution is -0.116. The summed E-state index contributed by atoms with van der Waals surface area (Å²) < 4.78 is 10.9. The number of rotatable bonds is 10. The molecular formula is C26H35NO4. The van der Waals surface area contributed by atoms with Gasteiger partial charge in [-0.25, -0.2) is 0 Å². The summed E-state index contributed by atoms with van der Waals surface area (Å²) in [7, 11) is 3.24. The molecule has 1 aliphatic rings. The first-order valence-electron chi connectivity index (χ1n) is 11.2. The molecule has 0 saturated carbocycles. The number of piperidine rings is 1. The van der Waals surface area contributed by atoms with Crippen LogP contribution in [0.3, 0.4) is 0 Å². The van der Waals surface area contributed by atoms with Crippen LogP contribution in [0, 0.1) is 11.8 Å². The molecule has 0 aromatic heterocycles. The van der Waals surface area contributed by atoms with Gasteiger partial charge in [-0.2, -0.15) is 0 Å². The highest BCUT2D eigenvalue weighted by Crippen LogP contribution is 2.33. The van der Waals surface area contributed by atoms with Crippen LogP contribution in [0.2, 0.25) is 0 Å². The second-order valence-corrected chi connectivity index (χ2v) is 8.42.